The number of rotatable bonds is 1. The maximum absolute atomic E-state index is 11.2. The van der Waals surface area contributed by atoms with E-state index in [4.69, 9.17) is 5.14 Å². The minimum absolute atomic E-state index is 0.166. The Morgan fingerprint density at radius 3 is 2.20 bits per heavy atom. The van der Waals surface area contributed by atoms with Gasteiger partial charge in [-0.3, -0.25) is 0 Å². The third-order valence-corrected chi connectivity index (χ3v) is 2.90. The van der Waals surface area contributed by atoms with Gasteiger partial charge in [0.25, 0.3) is 10.0 Å². The molecule has 1 aromatic carbocycles. The predicted octanol–water partition coefficient (Wildman–Crippen LogP) is 0.586. The van der Waals surface area contributed by atoms with E-state index >= 15 is 0 Å². The fraction of sp³-hybridized carbons (Fsp3) is 0.111. The van der Waals surface area contributed by atoms with E-state index in [1.165, 1.54) is 0 Å². The lowest BCUT2D eigenvalue weighted by atomic mass is 10.3. The van der Waals surface area contributed by atoms with E-state index in [0.29, 0.717) is 16.7 Å². The molecule has 0 amide bonds. The highest BCUT2D eigenvalue weighted by atomic mass is 32.2. The van der Waals surface area contributed by atoms with Crippen molar-refractivity contribution in [2.24, 2.45) is 5.14 Å². The van der Waals surface area contributed by atoms with Gasteiger partial charge >= 0.3 is 0 Å². The van der Waals surface area contributed by atoms with Crippen LogP contribution in [0.15, 0.2) is 29.3 Å². The number of hydrogen-bond donors (Lipinski definition) is 1. The minimum Gasteiger partial charge on any atom is -0.248 e. The molecule has 1 aromatic heterocycles. The van der Waals surface area contributed by atoms with E-state index in [1.807, 2.05) is 6.07 Å². The Morgan fingerprint density at radius 2 is 1.67 bits per heavy atom. The predicted molar refractivity (Wildman–Crippen MR) is 55.6 cm³/mol. The summed E-state index contributed by atoms with van der Waals surface area (Å²) in [4.78, 5) is 8.09. The van der Waals surface area contributed by atoms with Crippen LogP contribution in [-0.4, -0.2) is 18.4 Å². The van der Waals surface area contributed by atoms with Crippen molar-refractivity contribution in [1.29, 1.82) is 0 Å². The van der Waals surface area contributed by atoms with Gasteiger partial charge in [-0.05, 0) is 19.1 Å². The average molecular weight is 223 g/mol. The standard InChI is InChI=1S/C9H9N3O2S/c1-6-9(15(10,13)14)12-8-5-3-2-4-7(8)11-6/h2-5H,1H3,(H2,10,13,14). The first-order valence-electron chi connectivity index (χ1n) is 4.24. The number of para-hydroxylation sites is 2. The summed E-state index contributed by atoms with van der Waals surface area (Å²) in [5.74, 6) is 0. The van der Waals surface area contributed by atoms with E-state index in [1.54, 1.807) is 25.1 Å². The molecule has 0 unspecified atom stereocenters. The number of aromatic nitrogens is 2. The van der Waals surface area contributed by atoms with Crippen LogP contribution < -0.4 is 5.14 Å². The third kappa shape index (κ3) is 1.81. The number of benzene rings is 1. The van der Waals surface area contributed by atoms with Crippen molar-refractivity contribution in [1.82, 2.24) is 9.97 Å². The Morgan fingerprint density at radius 1 is 1.13 bits per heavy atom. The van der Waals surface area contributed by atoms with Gasteiger partial charge < -0.3 is 0 Å². The fourth-order valence-corrected chi connectivity index (χ4v) is 2.02. The maximum Gasteiger partial charge on any atom is 0.257 e. The smallest absolute Gasteiger partial charge is 0.248 e. The van der Waals surface area contributed by atoms with E-state index in [0.717, 1.165) is 0 Å². The number of sulfonamides is 1. The molecule has 0 radical (unpaired) electrons. The van der Waals surface area contributed by atoms with Gasteiger partial charge in [0, 0.05) is 0 Å². The zero-order valence-corrected chi connectivity index (χ0v) is 8.82. The van der Waals surface area contributed by atoms with Gasteiger partial charge in [0.2, 0.25) is 0 Å². The van der Waals surface area contributed by atoms with Gasteiger partial charge in [-0.15, -0.1) is 0 Å². The first kappa shape index (κ1) is 10.0. The van der Waals surface area contributed by atoms with Crippen LogP contribution in [-0.2, 0) is 10.0 Å². The van der Waals surface area contributed by atoms with E-state index < -0.39 is 10.0 Å². The van der Waals surface area contributed by atoms with E-state index in [-0.39, 0.29) is 5.03 Å². The molecule has 0 bridgehead atoms. The molecule has 0 atom stereocenters. The highest BCUT2D eigenvalue weighted by Gasteiger charge is 2.15. The van der Waals surface area contributed by atoms with Crippen LogP contribution in [0.5, 0.6) is 0 Å². The van der Waals surface area contributed by atoms with Crippen LogP contribution in [0.2, 0.25) is 0 Å². The molecule has 0 aliphatic heterocycles. The second-order valence-corrected chi connectivity index (χ2v) is 4.62. The molecule has 0 aliphatic carbocycles. The normalized spacial score (nSPS) is 11.9. The lowest BCUT2D eigenvalue weighted by Gasteiger charge is -2.03. The van der Waals surface area contributed by atoms with Gasteiger partial charge in [-0.1, -0.05) is 12.1 Å². The van der Waals surface area contributed by atoms with Gasteiger partial charge in [0.15, 0.2) is 5.03 Å². The Balaban J connectivity index is 2.84. The number of nitrogens with two attached hydrogens (primary N) is 1. The molecular weight excluding hydrogens is 214 g/mol. The van der Waals surface area contributed by atoms with Crippen molar-refractivity contribution in [2.45, 2.75) is 11.9 Å². The summed E-state index contributed by atoms with van der Waals surface area (Å²) in [6.45, 7) is 1.57. The molecule has 2 aromatic rings. The van der Waals surface area contributed by atoms with Gasteiger partial charge in [0.1, 0.15) is 0 Å². The van der Waals surface area contributed by atoms with E-state index in [2.05, 4.69) is 9.97 Å². The van der Waals surface area contributed by atoms with Crippen molar-refractivity contribution in [3.8, 4) is 0 Å². The van der Waals surface area contributed by atoms with E-state index in [9.17, 15) is 8.42 Å². The maximum atomic E-state index is 11.2. The second kappa shape index (κ2) is 3.25. The summed E-state index contributed by atoms with van der Waals surface area (Å²) < 4.78 is 22.3. The molecule has 2 rings (SSSR count). The quantitative estimate of drug-likeness (QED) is 0.766. The number of hydrogen-bond acceptors (Lipinski definition) is 4. The zero-order chi connectivity index (χ0) is 11.1. The fourth-order valence-electron chi connectivity index (χ4n) is 1.34. The molecule has 78 valence electrons. The third-order valence-electron chi connectivity index (χ3n) is 1.97. The van der Waals surface area contributed by atoms with Gasteiger partial charge in [0.05, 0.1) is 16.7 Å². The van der Waals surface area contributed by atoms with Gasteiger partial charge in [-0.2, -0.15) is 0 Å². The SMILES string of the molecule is Cc1nc2ccccc2nc1S(N)(=O)=O. The molecule has 0 saturated heterocycles. The average Bonchev–Trinajstić information content (AvgIpc) is 2.15. The Hall–Kier alpha value is -1.53. The lowest BCUT2D eigenvalue weighted by Crippen LogP contribution is -2.16. The molecule has 5 nitrogen and oxygen atoms in total. The number of nitrogens with zero attached hydrogens (tertiary/aromatic N) is 2. The van der Waals surface area contributed by atoms with Crippen molar-refractivity contribution >= 4 is 21.1 Å². The van der Waals surface area contributed by atoms with Gasteiger partial charge in [-0.25, -0.2) is 23.5 Å². The summed E-state index contributed by atoms with van der Waals surface area (Å²) >= 11 is 0. The van der Waals surface area contributed by atoms with Crippen LogP contribution in [0, 0.1) is 6.92 Å². The monoisotopic (exact) mass is 223 g/mol. The van der Waals surface area contributed by atoms with Crippen LogP contribution in [0.1, 0.15) is 5.69 Å². The largest absolute Gasteiger partial charge is 0.257 e. The topological polar surface area (TPSA) is 85.9 Å². The molecule has 6 heteroatoms. The lowest BCUT2D eigenvalue weighted by molar-refractivity contribution is 0.593. The summed E-state index contributed by atoms with van der Waals surface area (Å²) in [5.41, 5.74) is 1.49. The highest BCUT2D eigenvalue weighted by Crippen LogP contribution is 2.14. The summed E-state index contributed by atoms with van der Waals surface area (Å²) in [6, 6.07) is 7.03. The molecule has 2 N–H and O–H groups in total. The first-order chi connectivity index (χ1) is 6.98. The van der Waals surface area contributed by atoms with Crippen LogP contribution in [0.25, 0.3) is 11.0 Å². The molecule has 0 fully saturated rings. The van der Waals surface area contributed by atoms with Crippen molar-refractivity contribution in [2.75, 3.05) is 0 Å². The summed E-state index contributed by atoms with van der Waals surface area (Å²) in [7, 11) is -3.80. The minimum atomic E-state index is -3.80. The Kier molecular flexibility index (Phi) is 2.17. The second-order valence-electron chi connectivity index (χ2n) is 3.15. The first-order valence-corrected chi connectivity index (χ1v) is 5.79. The van der Waals surface area contributed by atoms with Crippen molar-refractivity contribution in [3.05, 3.63) is 30.0 Å². The summed E-state index contributed by atoms with van der Waals surface area (Å²) in [6.07, 6.45) is 0. The number of primary sulfonamides is 1. The summed E-state index contributed by atoms with van der Waals surface area (Å²) in [5, 5.41) is 4.85. The zero-order valence-electron chi connectivity index (χ0n) is 8.01. The van der Waals surface area contributed by atoms with Crippen LogP contribution in [0.4, 0.5) is 0 Å². The molecular formula is C9H9N3O2S. The highest BCUT2D eigenvalue weighted by molar-refractivity contribution is 7.89. The molecule has 0 aliphatic rings. The van der Waals surface area contributed by atoms with Crippen molar-refractivity contribution in [3.63, 3.8) is 0 Å². The number of fused-ring (bicyclic) bond motifs is 1. The molecule has 0 spiro atoms. The molecule has 0 saturated carbocycles. The van der Waals surface area contributed by atoms with Crippen LogP contribution in [0.3, 0.4) is 0 Å². The van der Waals surface area contributed by atoms with Crippen LogP contribution >= 0.6 is 0 Å². The Labute approximate surface area is 87.0 Å². The Bertz CT molecular complexity index is 622. The molecule has 15 heavy (non-hydrogen) atoms. The van der Waals surface area contributed by atoms with Crippen molar-refractivity contribution < 1.29 is 8.42 Å². The molecule has 1 heterocycles. The number of aryl methyl sites for hydroxylation is 1.